The summed E-state index contributed by atoms with van der Waals surface area (Å²) in [7, 11) is 2.19. The Hall–Kier alpha value is -0.890. The molecule has 3 rings (SSSR count). The topological polar surface area (TPSA) is 16.1 Å². The highest BCUT2D eigenvalue weighted by Gasteiger charge is 2.21. The number of aromatic nitrogens is 1. The predicted octanol–water partition coefficient (Wildman–Crippen LogP) is 1.17. The van der Waals surface area contributed by atoms with Gasteiger partial charge in [-0.3, -0.25) is 4.98 Å². The highest BCUT2D eigenvalue weighted by molar-refractivity contribution is 5.38. The van der Waals surface area contributed by atoms with Crippen molar-refractivity contribution in [1.29, 1.82) is 0 Å². The van der Waals surface area contributed by atoms with Gasteiger partial charge in [0.25, 0.3) is 0 Å². The summed E-state index contributed by atoms with van der Waals surface area (Å²) >= 11 is 0. The molecule has 0 fully saturated rings. The molecule has 1 aliphatic heterocycles. The van der Waals surface area contributed by atoms with Crippen molar-refractivity contribution in [3.63, 3.8) is 0 Å². The van der Waals surface area contributed by atoms with Gasteiger partial charge in [-0.2, -0.15) is 0 Å². The van der Waals surface area contributed by atoms with Crippen LogP contribution in [0.4, 0.5) is 0 Å². The van der Waals surface area contributed by atoms with E-state index < -0.39 is 0 Å². The zero-order valence-electron chi connectivity index (χ0n) is 8.01. The Bertz CT molecular complexity index is 357. The third kappa shape index (κ3) is 1.09. The molecule has 2 nitrogen and oxygen atoms in total. The monoisotopic (exact) mass is 174 g/mol. The van der Waals surface area contributed by atoms with E-state index in [0.29, 0.717) is 0 Å². The molecule has 2 bridgehead atoms. The van der Waals surface area contributed by atoms with E-state index in [-0.39, 0.29) is 0 Å². The van der Waals surface area contributed by atoms with Crippen LogP contribution in [0.2, 0.25) is 0 Å². The molecule has 2 aliphatic rings. The number of pyridine rings is 1. The molecule has 0 radical (unpaired) electrons. The maximum atomic E-state index is 4.69. The van der Waals surface area contributed by atoms with E-state index in [9.17, 15) is 0 Å². The van der Waals surface area contributed by atoms with Crippen LogP contribution in [0.15, 0.2) is 6.07 Å². The average Bonchev–Trinajstić information content (AvgIpc) is 2.51. The number of rotatable bonds is 0. The molecular formula is C11H14N2. The third-order valence-electron chi connectivity index (χ3n) is 3.16. The molecule has 68 valence electrons. The zero-order chi connectivity index (χ0) is 8.84. The lowest BCUT2D eigenvalue weighted by molar-refractivity contribution is 0.309. The summed E-state index contributed by atoms with van der Waals surface area (Å²) in [5.41, 5.74) is 5.78. The van der Waals surface area contributed by atoms with E-state index in [4.69, 9.17) is 4.98 Å². The Kier molecular flexibility index (Phi) is 1.47. The number of fused-ring (bicyclic) bond motifs is 4. The van der Waals surface area contributed by atoms with Gasteiger partial charge in [-0.15, -0.1) is 0 Å². The van der Waals surface area contributed by atoms with E-state index in [1.807, 2.05) is 0 Å². The van der Waals surface area contributed by atoms with Crippen LogP contribution in [-0.2, 0) is 25.8 Å². The van der Waals surface area contributed by atoms with E-state index >= 15 is 0 Å². The van der Waals surface area contributed by atoms with Crippen molar-refractivity contribution in [1.82, 2.24) is 9.88 Å². The van der Waals surface area contributed by atoms with Crippen molar-refractivity contribution in [3.8, 4) is 0 Å². The van der Waals surface area contributed by atoms with Crippen LogP contribution >= 0.6 is 0 Å². The second-order valence-corrected chi connectivity index (χ2v) is 4.19. The normalized spacial score (nSPS) is 20.4. The maximum Gasteiger partial charge on any atom is 0.0467 e. The average molecular weight is 174 g/mol. The first-order chi connectivity index (χ1) is 6.33. The van der Waals surface area contributed by atoms with E-state index in [1.165, 1.54) is 36.3 Å². The number of hydrogen-bond donors (Lipinski definition) is 0. The highest BCUT2D eigenvalue weighted by Crippen LogP contribution is 2.26. The minimum Gasteiger partial charge on any atom is -0.302 e. The largest absolute Gasteiger partial charge is 0.302 e. The molecular weight excluding hydrogens is 160 g/mol. The molecule has 0 spiro atoms. The van der Waals surface area contributed by atoms with Gasteiger partial charge in [0, 0.05) is 30.9 Å². The molecule has 0 saturated carbocycles. The molecule has 0 atom stereocenters. The van der Waals surface area contributed by atoms with Gasteiger partial charge in [0.2, 0.25) is 0 Å². The maximum absolute atomic E-state index is 4.69. The fraction of sp³-hybridized carbons (Fsp3) is 0.545. The van der Waals surface area contributed by atoms with Crippen molar-refractivity contribution < 1.29 is 0 Å². The fourth-order valence-electron chi connectivity index (χ4n) is 2.41. The van der Waals surface area contributed by atoms with Gasteiger partial charge in [0.05, 0.1) is 0 Å². The Balaban J connectivity index is 2.13. The summed E-state index contributed by atoms with van der Waals surface area (Å²) in [5, 5.41) is 0. The fourth-order valence-corrected chi connectivity index (χ4v) is 2.41. The quantitative estimate of drug-likeness (QED) is 0.587. The number of hydrogen-bond acceptors (Lipinski definition) is 2. The molecule has 1 aliphatic carbocycles. The molecule has 2 heteroatoms. The lowest BCUT2D eigenvalue weighted by Gasteiger charge is -2.25. The van der Waals surface area contributed by atoms with Crippen molar-refractivity contribution in [2.45, 2.75) is 25.8 Å². The Morgan fingerprint density at radius 3 is 3.15 bits per heavy atom. The summed E-state index contributed by atoms with van der Waals surface area (Å²) in [4.78, 5) is 7.08. The van der Waals surface area contributed by atoms with Gasteiger partial charge in [0.15, 0.2) is 0 Å². The van der Waals surface area contributed by atoms with Crippen LogP contribution < -0.4 is 0 Å². The van der Waals surface area contributed by atoms with Crippen LogP contribution in [0.1, 0.15) is 22.5 Å². The van der Waals surface area contributed by atoms with Gasteiger partial charge in [-0.05, 0) is 37.1 Å². The standard InChI is InChI=1S/C11H14N2/c1-13-5-4-11-10(7-13)8-2-3-9(6-8)12-11/h6H,2-5,7H2,1H3. The first-order valence-corrected chi connectivity index (χ1v) is 5.02. The molecule has 0 amide bonds. The van der Waals surface area contributed by atoms with Gasteiger partial charge < -0.3 is 4.90 Å². The summed E-state index contributed by atoms with van der Waals surface area (Å²) in [6.45, 7) is 2.28. The SMILES string of the molecule is CN1CCc2nc3cc(c2C1)CC3. The zero-order valence-corrected chi connectivity index (χ0v) is 8.01. The molecule has 0 saturated heterocycles. The van der Waals surface area contributed by atoms with Crippen LogP contribution in [-0.4, -0.2) is 23.5 Å². The van der Waals surface area contributed by atoms with Crippen LogP contribution in [0.3, 0.4) is 0 Å². The number of aryl methyl sites for hydroxylation is 2. The van der Waals surface area contributed by atoms with Gasteiger partial charge in [-0.25, -0.2) is 0 Å². The molecule has 1 aromatic heterocycles. The van der Waals surface area contributed by atoms with Crippen molar-refractivity contribution in [3.05, 3.63) is 28.6 Å². The second kappa shape index (κ2) is 2.55. The molecule has 13 heavy (non-hydrogen) atoms. The Morgan fingerprint density at radius 1 is 1.31 bits per heavy atom. The first-order valence-electron chi connectivity index (χ1n) is 5.02. The van der Waals surface area contributed by atoms with Gasteiger partial charge in [-0.1, -0.05) is 0 Å². The van der Waals surface area contributed by atoms with E-state index in [1.54, 1.807) is 5.56 Å². The lowest BCUT2D eigenvalue weighted by Crippen LogP contribution is -2.27. The van der Waals surface area contributed by atoms with Gasteiger partial charge in [0.1, 0.15) is 0 Å². The summed E-state index contributed by atoms with van der Waals surface area (Å²) in [6, 6.07) is 2.29. The molecule has 1 aromatic rings. The van der Waals surface area contributed by atoms with Crippen LogP contribution in [0.5, 0.6) is 0 Å². The lowest BCUT2D eigenvalue weighted by atomic mass is 10.0. The number of likely N-dealkylation sites (N-methyl/N-ethyl adjacent to an activating group) is 1. The molecule has 0 unspecified atom stereocenters. The number of nitrogens with zero attached hydrogens (tertiary/aromatic N) is 2. The molecule has 0 aromatic carbocycles. The van der Waals surface area contributed by atoms with Crippen molar-refractivity contribution in [2.75, 3.05) is 13.6 Å². The van der Waals surface area contributed by atoms with E-state index in [2.05, 4.69) is 18.0 Å². The Labute approximate surface area is 78.6 Å². The minimum absolute atomic E-state index is 1.11. The smallest absolute Gasteiger partial charge is 0.0467 e. The highest BCUT2D eigenvalue weighted by atomic mass is 15.1. The van der Waals surface area contributed by atoms with E-state index in [0.717, 1.165) is 13.0 Å². The van der Waals surface area contributed by atoms with Gasteiger partial charge >= 0.3 is 0 Å². The van der Waals surface area contributed by atoms with Crippen molar-refractivity contribution in [2.24, 2.45) is 0 Å². The van der Waals surface area contributed by atoms with Crippen molar-refractivity contribution >= 4 is 0 Å². The summed E-state index contributed by atoms with van der Waals surface area (Å²) < 4.78 is 0. The van der Waals surface area contributed by atoms with Crippen LogP contribution in [0.25, 0.3) is 0 Å². The Morgan fingerprint density at radius 2 is 2.23 bits per heavy atom. The third-order valence-corrected chi connectivity index (χ3v) is 3.16. The van der Waals surface area contributed by atoms with Crippen LogP contribution in [0, 0.1) is 0 Å². The predicted molar refractivity (Wildman–Crippen MR) is 51.7 cm³/mol. The summed E-state index contributed by atoms with van der Waals surface area (Å²) in [6.07, 6.45) is 3.55. The minimum atomic E-state index is 1.11. The summed E-state index contributed by atoms with van der Waals surface area (Å²) in [5.74, 6) is 0. The second-order valence-electron chi connectivity index (χ2n) is 4.19. The molecule has 2 heterocycles. The molecule has 0 N–H and O–H groups in total. The first kappa shape index (κ1) is 7.51.